The third kappa shape index (κ3) is 2.50. The number of hydrogen-bond donors (Lipinski definition) is 1. The fourth-order valence-electron chi connectivity index (χ4n) is 1.59. The van der Waals surface area contributed by atoms with Gasteiger partial charge in [-0.1, -0.05) is 24.3 Å². The van der Waals surface area contributed by atoms with Crippen molar-refractivity contribution in [3.05, 3.63) is 46.7 Å². The van der Waals surface area contributed by atoms with Gasteiger partial charge in [0.2, 0.25) is 0 Å². The van der Waals surface area contributed by atoms with Gasteiger partial charge in [0.05, 0.1) is 0 Å². The molecular formula is C12H9F3OS. The van der Waals surface area contributed by atoms with Crippen LogP contribution in [0.1, 0.15) is 11.7 Å². The van der Waals surface area contributed by atoms with Crippen LogP contribution in [0.5, 0.6) is 0 Å². The van der Waals surface area contributed by atoms with Gasteiger partial charge in [0.25, 0.3) is 0 Å². The normalized spacial score (nSPS) is 13.6. The summed E-state index contributed by atoms with van der Waals surface area (Å²) in [6, 6.07) is 7.74. The summed E-state index contributed by atoms with van der Waals surface area (Å²) in [7, 11) is 0. The number of hydrogen-bond acceptors (Lipinski definition) is 2. The van der Waals surface area contributed by atoms with Gasteiger partial charge < -0.3 is 5.11 Å². The first-order valence-corrected chi connectivity index (χ1v) is 5.80. The van der Waals surface area contributed by atoms with E-state index in [4.69, 9.17) is 0 Å². The SMILES string of the molecule is OC(c1ccccc1-c1ccsc1)C(F)(F)F. The Morgan fingerprint density at radius 1 is 1.12 bits per heavy atom. The Morgan fingerprint density at radius 3 is 2.41 bits per heavy atom. The van der Waals surface area contributed by atoms with Crippen LogP contribution >= 0.6 is 11.3 Å². The number of halogens is 3. The Hall–Kier alpha value is -1.33. The first kappa shape index (κ1) is 12.1. The number of aliphatic hydroxyl groups is 1. The minimum atomic E-state index is -4.65. The number of rotatable bonds is 2. The van der Waals surface area contributed by atoms with Crippen molar-refractivity contribution < 1.29 is 18.3 Å². The fourth-order valence-corrected chi connectivity index (χ4v) is 2.25. The molecule has 1 atom stereocenters. The van der Waals surface area contributed by atoms with Gasteiger partial charge >= 0.3 is 6.18 Å². The molecule has 0 amide bonds. The topological polar surface area (TPSA) is 20.2 Å². The summed E-state index contributed by atoms with van der Waals surface area (Å²) in [5.41, 5.74) is 0.992. The molecule has 17 heavy (non-hydrogen) atoms. The Labute approximate surface area is 100 Å². The summed E-state index contributed by atoms with van der Waals surface area (Å²) in [5, 5.41) is 12.9. The van der Waals surface area contributed by atoms with Gasteiger partial charge in [-0.05, 0) is 33.5 Å². The first-order chi connectivity index (χ1) is 8.00. The van der Waals surface area contributed by atoms with Crippen LogP contribution in [-0.2, 0) is 0 Å². The summed E-state index contributed by atoms with van der Waals surface area (Å²) in [6.45, 7) is 0. The molecule has 0 saturated carbocycles. The van der Waals surface area contributed by atoms with Crippen LogP contribution in [0.2, 0.25) is 0 Å². The second-order valence-corrected chi connectivity index (χ2v) is 4.32. The van der Waals surface area contributed by atoms with E-state index < -0.39 is 12.3 Å². The molecule has 1 N–H and O–H groups in total. The summed E-state index contributed by atoms with van der Waals surface area (Å²) in [4.78, 5) is 0. The molecule has 0 aliphatic rings. The zero-order chi connectivity index (χ0) is 12.5. The van der Waals surface area contributed by atoms with E-state index in [1.165, 1.54) is 23.5 Å². The largest absolute Gasteiger partial charge is 0.418 e. The van der Waals surface area contributed by atoms with Crippen LogP contribution in [0, 0.1) is 0 Å². The zero-order valence-corrected chi connectivity index (χ0v) is 9.42. The van der Waals surface area contributed by atoms with E-state index >= 15 is 0 Å². The van der Waals surface area contributed by atoms with Crippen molar-refractivity contribution in [3.63, 3.8) is 0 Å². The van der Waals surface area contributed by atoms with Crippen LogP contribution in [0.15, 0.2) is 41.1 Å². The monoisotopic (exact) mass is 258 g/mol. The average Bonchev–Trinajstić information content (AvgIpc) is 2.80. The second kappa shape index (κ2) is 4.50. The number of aliphatic hydroxyl groups excluding tert-OH is 1. The Bertz CT molecular complexity index is 491. The van der Waals surface area contributed by atoms with Gasteiger partial charge in [0, 0.05) is 0 Å². The smallest absolute Gasteiger partial charge is 0.379 e. The van der Waals surface area contributed by atoms with Crippen molar-refractivity contribution in [3.8, 4) is 11.1 Å². The van der Waals surface area contributed by atoms with Crippen molar-refractivity contribution in [2.24, 2.45) is 0 Å². The fraction of sp³-hybridized carbons (Fsp3) is 0.167. The summed E-state index contributed by atoms with van der Waals surface area (Å²) in [6.07, 6.45) is -7.09. The highest BCUT2D eigenvalue weighted by molar-refractivity contribution is 7.08. The minimum absolute atomic E-state index is 0.113. The predicted molar refractivity (Wildman–Crippen MR) is 60.8 cm³/mol. The quantitative estimate of drug-likeness (QED) is 0.862. The van der Waals surface area contributed by atoms with Crippen molar-refractivity contribution in [1.82, 2.24) is 0 Å². The highest BCUT2D eigenvalue weighted by atomic mass is 32.1. The Morgan fingerprint density at radius 2 is 1.82 bits per heavy atom. The van der Waals surface area contributed by atoms with Gasteiger partial charge in [0.15, 0.2) is 6.10 Å². The van der Waals surface area contributed by atoms with Crippen LogP contribution in [0.3, 0.4) is 0 Å². The Balaban J connectivity index is 2.49. The minimum Gasteiger partial charge on any atom is -0.379 e. The van der Waals surface area contributed by atoms with Crippen molar-refractivity contribution >= 4 is 11.3 Å². The number of benzene rings is 1. The third-order valence-electron chi connectivity index (χ3n) is 2.40. The van der Waals surface area contributed by atoms with Crippen LogP contribution in [0.4, 0.5) is 13.2 Å². The van der Waals surface area contributed by atoms with E-state index in [1.54, 1.807) is 29.0 Å². The molecular weight excluding hydrogens is 249 g/mol. The molecule has 0 radical (unpaired) electrons. The average molecular weight is 258 g/mol. The molecule has 1 aromatic carbocycles. The van der Waals surface area contributed by atoms with E-state index in [1.807, 2.05) is 0 Å². The summed E-state index contributed by atoms with van der Waals surface area (Å²) >= 11 is 1.40. The van der Waals surface area contributed by atoms with E-state index in [9.17, 15) is 18.3 Å². The van der Waals surface area contributed by atoms with Gasteiger partial charge in [-0.2, -0.15) is 24.5 Å². The van der Waals surface area contributed by atoms with E-state index in [2.05, 4.69) is 0 Å². The lowest BCUT2D eigenvalue weighted by Gasteiger charge is -2.17. The van der Waals surface area contributed by atoms with Crippen molar-refractivity contribution in [1.29, 1.82) is 0 Å². The predicted octanol–water partition coefficient (Wildman–Crippen LogP) is 4.01. The molecule has 5 heteroatoms. The molecule has 1 nitrogen and oxygen atoms in total. The Kier molecular flexibility index (Phi) is 3.22. The van der Waals surface area contributed by atoms with Crippen LogP contribution < -0.4 is 0 Å². The molecule has 0 saturated heterocycles. The highest BCUT2D eigenvalue weighted by Gasteiger charge is 2.40. The number of alkyl halides is 3. The molecule has 0 spiro atoms. The maximum absolute atomic E-state index is 12.5. The maximum Gasteiger partial charge on any atom is 0.418 e. The molecule has 1 unspecified atom stereocenters. The highest BCUT2D eigenvalue weighted by Crippen LogP contribution is 2.37. The molecule has 90 valence electrons. The first-order valence-electron chi connectivity index (χ1n) is 4.86. The molecule has 0 aliphatic heterocycles. The van der Waals surface area contributed by atoms with E-state index in [0.717, 1.165) is 0 Å². The zero-order valence-electron chi connectivity index (χ0n) is 8.61. The summed E-state index contributed by atoms with van der Waals surface area (Å²) in [5.74, 6) is 0. The van der Waals surface area contributed by atoms with Crippen molar-refractivity contribution in [2.45, 2.75) is 12.3 Å². The van der Waals surface area contributed by atoms with Gasteiger partial charge in [-0.3, -0.25) is 0 Å². The van der Waals surface area contributed by atoms with Gasteiger partial charge in [-0.25, -0.2) is 0 Å². The number of thiophene rings is 1. The molecule has 1 heterocycles. The lowest BCUT2D eigenvalue weighted by atomic mass is 9.98. The van der Waals surface area contributed by atoms with E-state index in [0.29, 0.717) is 11.1 Å². The second-order valence-electron chi connectivity index (χ2n) is 3.54. The van der Waals surface area contributed by atoms with Gasteiger partial charge in [-0.15, -0.1) is 0 Å². The molecule has 1 aromatic heterocycles. The lowest BCUT2D eigenvalue weighted by Crippen LogP contribution is -2.20. The summed E-state index contributed by atoms with van der Waals surface area (Å²) < 4.78 is 37.5. The standard InChI is InChI=1S/C12H9F3OS/c13-12(14,15)11(16)10-4-2-1-3-9(10)8-5-6-17-7-8/h1-7,11,16H. The van der Waals surface area contributed by atoms with E-state index in [-0.39, 0.29) is 5.56 Å². The molecule has 2 aromatic rings. The molecule has 0 aliphatic carbocycles. The van der Waals surface area contributed by atoms with Crippen LogP contribution in [0.25, 0.3) is 11.1 Å². The van der Waals surface area contributed by atoms with Gasteiger partial charge in [0.1, 0.15) is 0 Å². The molecule has 0 bridgehead atoms. The molecule has 2 rings (SSSR count). The maximum atomic E-state index is 12.5. The third-order valence-corrected chi connectivity index (χ3v) is 3.08. The molecule has 0 fully saturated rings. The lowest BCUT2D eigenvalue weighted by molar-refractivity contribution is -0.206. The van der Waals surface area contributed by atoms with Crippen molar-refractivity contribution in [2.75, 3.05) is 0 Å². The van der Waals surface area contributed by atoms with Crippen LogP contribution in [-0.4, -0.2) is 11.3 Å².